The minimum Gasteiger partial charge on any atom is -0.345 e. The highest BCUT2D eigenvalue weighted by atomic mass is 16.5. The molecule has 0 saturated carbocycles. The maximum Gasteiger partial charge on any atom is 0.248 e. The summed E-state index contributed by atoms with van der Waals surface area (Å²) < 4.78 is 5.69. The van der Waals surface area contributed by atoms with Crippen molar-refractivity contribution < 1.29 is 4.52 Å². The van der Waals surface area contributed by atoms with Crippen LogP contribution in [-0.4, -0.2) is 43.1 Å². The molecular weight excluding hydrogens is 328 g/mol. The summed E-state index contributed by atoms with van der Waals surface area (Å²) in [7, 11) is 0. The van der Waals surface area contributed by atoms with Crippen molar-refractivity contribution >= 4 is 11.0 Å². The van der Waals surface area contributed by atoms with E-state index in [1.165, 1.54) is 12.8 Å². The summed E-state index contributed by atoms with van der Waals surface area (Å²) in [5.41, 5.74) is 3.86. The van der Waals surface area contributed by atoms with Gasteiger partial charge in [-0.15, -0.1) is 0 Å². The van der Waals surface area contributed by atoms with E-state index in [2.05, 4.69) is 31.1 Å². The Morgan fingerprint density at radius 3 is 2.92 bits per heavy atom. The summed E-state index contributed by atoms with van der Waals surface area (Å²) in [4.78, 5) is 18.7. The minimum atomic E-state index is -0.0525. The SMILES string of the molecule is c1cncc([C@H](c2nc(-c3ccc4nc[nH]c4c3)no2)N2CCCC2)c1. The standard InChI is InChI=1S/C19H18N6O/c1-2-9-25(8-1)17(14-4-3-7-20-11-14)19-23-18(24-26-19)13-5-6-15-16(10-13)22-12-21-15/h3-7,10-12,17H,1-2,8-9H2,(H,21,22)/t17-/m1/s1. The van der Waals surface area contributed by atoms with E-state index in [9.17, 15) is 0 Å². The second kappa shape index (κ2) is 6.34. The number of hydrogen-bond acceptors (Lipinski definition) is 6. The van der Waals surface area contributed by atoms with Gasteiger partial charge in [0.05, 0.1) is 17.4 Å². The van der Waals surface area contributed by atoms with Crippen molar-refractivity contribution in [3.63, 3.8) is 0 Å². The van der Waals surface area contributed by atoms with Crippen LogP contribution in [-0.2, 0) is 0 Å². The fourth-order valence-corrected chi connectivity index (χ4v) is 3.59. The molecule has 1 aliphatic rings. The van der Waals surface area contributed by atoms with Gasteiger partial charge in [0.2, 0.25) is 11.7 Å². The smallest absolute Gasteiger partial charge is 0.248 e. The predicted molar refractivity (Wildman–Crippen MR) is 96.3 cm³/mol. The van der Waals surface area contributed by atoms with Crippen molar-refractivity contribution in [3.8, 4) is 11.4 Å². The van der Waals surface area contributed by atoms with E-state index in [1.54, 1.807) is 12.5 Å². The molecule has 1 aliphatic heterocycles. The molecule has 1 saturated heterocycles. The zero-order chi connectivity index (χ0) is 17.3. The first-order valence-electron chi connectivity index (χ1n) is 8.79. The van der Waals surface area contributed by atoms with Gasteiger partial charge in [0.15, 0.2) is 0 Å². The molecule has 0 aliphatic carbocycles. The third-order valence-corrected chi connectivity index (χ3v) is 4.86. The summed E-state index contributed by atoms with van der Waals surface area (Å²) in [5.74, 6) is 1.20. The summed E-state index contributed by atoms with van der Waals surface area (Å²) in [6, 6.07) is 9.87. The van der Waals surface area contributed by atoms with Crippen LogP contribution in [0.2, 0.25) is 0 Å². The molecule has 7 heteroatoms. The van der Waals surface area contributed by atoms with E-state index in [1.807, 2.05) is 30.5 Å². The maximum atomic E-state index is 5.69. The molecule has 5 rings (SSSR count). The van der Waals surface area contributed by atoms with Gasteiger partial charge in [-0.25, -0.2) is 4.98 Å². The summed E-state index contributed by atoms with van der Waals surface area (Å²) in [5, 5.41) is 4.23. The largest absolute Gasteiger partial charge is 0.345 e. The van der Waals surface area contributed by atoms with E-state index in [0.717, 1.165) is 35.2 Å². The van der Waals surface area contributed by atoms with E-state index >= 15 is 0 Å². The number of nitrogens with one attached hydrogen (secondary N) is 1. The number of aromatic nitrogens is 5. The van der Waals surface area contributed by atoms with E-state index < -0.39 is 0 Å². The fraction of sp³-hybridized carbons (Fsp3) is 0.263. The van der Waals surface area contributed by atoms with Crippen molar-refractivity contribution in [3.05, 3.63) is 60.5 Å². The Labute approximate surface area is 150 Å². The first-order valence-corrected chi connectivity index (χ1v) is 8.79. The van der Waals surface area contributed by atoms with Gasteiger partial charge in [-0.05, 0) is 55.8 Å². The number of likely N-dealkylation sites (tertiary alicyclic amines) is 1. The lowest BCUT2D eigenvalue weighted by atomic mass is 10.1. The molecule has 0 radical (unpaired) electrons. The fourth-order valence-electron chi connectivity index (χ4n) is 3.59. The minimum absolute atomic E-state index is 0.0525. The van der Waals surface area contributed by atoms with Crippen LogP contribution in [0.1, 0.15) is 30.3 Å². The molecule has 4 heterocycles. The second-order valence-electron chi connectivity index (χ2n) is 6.52. The van der Waals surface area contributed by atoms with Gasteiger partial charge in [-0.1, -0.05) is 11.2 Å². The third-order valence-electron chi connectivity index (χ3n) is 4.86. The molecule has 4 aromatic rings. The van der Waals surface area contributed by atoms with Gasteiger partial charge in [0, 0.05) is 18.0 Å². The highest BCUT2D eigenvalue weighted by Crippen LogP contribution is 2.31. The number of aromatic amines is 1. The topological polar surface area (TPSA) is 83.7 Å². The number of imidazole rings is 1. The van der Waals surface area contributed by atoms with Gasteiger partial charge in [0.25, 0.3) is 0 Å². The number of fused-ring (bicyclic) bond motifs is 1. The number of H-pyrrole nitrogens is 1. The molecule has 26 heavy (non-hydrogen) atoms. The van der Waals surface area contributed by atoms with Crippen molar-refractivity contribution in [2.24, 2.45) is 0 Å². The number of benzene rings is 1. The zero-order valence-electron chi connectivity index (χ0n) is 14.2. The number of hydrogen-bond donors (Lipinski definition) is 1. The van der Waals surface area contributed by atoms with E-state index in [-0.39, 0.29) is 6.04 Å². The molecule has 1 fully saturated rings. The van der Waals surface area contributed by atoms with Crippen LogP contribution in [0.15, 0.2) is 53.6 Å². The molecule has 1 atom stereocenters. The molecule has 0 bridgehead atoms. The van der Waals surface area contributed by atoms with Crippen molar-refractivity contribution in [2.45, 2.75) is 18.9 Å². The first-order chi connectivity index (χ1) is 12.9. The Hall–Kier alpha value is -3.06. The first kappa shape index (κ1) is 15.2. The zero-order valence-corrected chi connectivity index (χ0v) is 14.2. The highest BCUT2D eigenvalue weighted by Gasteiger charge is 2.30. The van der Waals surface area contributed by atoms with Gasteiger partial charge >= 0.3 is 0 Å². The quantitative estimate of drug-likeness (QED) is 0.611. The molecular formula is C19H18N6O. The average Bonchev–Trinajstić information content (AvgIpc) is 3.44. The van der Waals surface area contributed by atoms with Crippen LogP contribution in [0, 0.1) is 0 Å². The van der Waals surface area contributed by atoms with Gasteiger partial charge in [-0.2, -0.15) is 4.98 Å². The molecule has 7 nitrogen and oxygen atoms in total. The second-order valence-corrected chi connectivity index (χ2v) is 6.52. The Kier molecular flexibility index (Phi) is 3.71. The molecule has 1 N–H and O–H groups in total. The lowest BCUT2D eigenvalue weighted by Gasteiger charge is -2.24. The Bertz CT molecular complexity index is 1020. The molecule has 3 aromatic heterocycles. The molecule has 1 aromatic carbocycles. The lowest BCUT2D eigenvalue weighted by Crippen LogP contribution is -2.27. The van der Waals surface area contributed by atoms with Crippen molar-refractivity contribution in [1.29, 1.82) is 0 Å². The predicted octanol–water partition coefficient (Wildman–Crippen LogP) is 3.19. The summed E-state index contributed by atoms with van der Waals surface area (Å²) in [6.07, 6.45) is 7.72. The molecule has 130 valence electrons. The molecule has 0 unspecified atom stereocenters. The van der Waals surface area contributed by atoms with E-state index in [4.69, 9.17) is 9.51 Å². The van der Waals surface area contributed by atoms with Crippen LogP contribution >= 0.6 is 0 Å². The summed E-state index contributed by atoms with van der Waals surface area (Å²) >= 11 is 0. The average molecular weight is 346 g/mol. The van der Waals surface area contributed by atoms with Crippen LogP contribution in [0.25, 0.3) is 22.4 Å². The Balaban J connectivity index is 1.53. The van der Waals surface area contributed by atoms with Crippen LogP contribution in [0.5, 0.6) is 0 Å². The van der Waals surface area contributed by atoms with Gasteiger partial charge in [-0.3, -0.25) is 9.88 Å². The lowest BCUT2D eigenvalue weighted by molar-refractivity contribution is 0.225. The van der Waals surface area contributed by atoms with Crippen molar-refractivity contribution in [2.75, 3.05) is 13.1 Å². The maximum absolute atomic E-state index is 5.69. The third kappa shape index (κ3) is 2.66. The number of pyridine rings is 1. The van der Waals surface area contributed by atoms with E-state index in [0.29, 0.717) is 11.7 Å². The Morgan fingerprint density at radius 1 is 1.15 bits per heavy atom. The molecule has 0 spiro atoms. The van der Waals surface area contributed by atoms with Crippen LogP contribution in [0.4, 0.5) is 0 Å². The normalized spacial score (nSPS) is 16.3. The van der Waals surface area contributed by atoms with Gasteiger partial charge in [0.1, 0.15) is 6.04 Å². The number of nitrogens with zero attached hydrogens (tertiary/aromatic N) is 5. The highest BCUT2D eigenvalue weighted by molar-refractivity contribution is 5.79. The number of rotatable bonds is 4. The van der Waals surface area contributed by atoms with Crippen LogP contribution < -0.4 is 0 Å². The van der Waals surface area contributed by atoms with Gasteiger partial charge < -0.3 is 9.51 Å². The van der Waals surface area contributed by atoms with Crippen LogP contribution in [0.3, 0.4) is 0 Å². The molecule has 0 amide bonds. The summed E-state index contributed by atoms with van der Waals surface area (Å²) in [6.45, 7) is 2.05. The van der Waals surface area contributed by atoms with Crippen molar-refractivity contribution in [1.82, 2.24) is 30.0 Å². The Morgan fingerprint density at radius 2 is 2.08 bits per heavy atom. The monoisotopic (exact) mass is 346 g/mol.